The Hall–Kier alpha value is -2.33. The lowest BCUT2D eigenvalue weighted by Gasteiger charge is -2.19. The maximum atomic E-state index is 12.2. The molecule has 2 aromatic carbocycles. The molecule has 1 aliphatic heterocycles. The largest absolute Gasteiger partial charge is 0.326 e. The molecule has 24 heavy (non-hydrogen) atoms. The minimum Gasteiger partial charge on any atom is -0.326 e. The maximum absolute atomic E-state index is 12.2. The average Bonchev–Trinajstić information content (AvgIpc) is 2.97. The van der Waals surface area contributed by atoms with Crippen LogP contribution in [0.25, 0.3) is 0 Å². The van der Waals surface area contributed by atoms with E-state index in [1.807, 2.05) is 37.3 Å². The van der Waals surface area contributed by atoms with Crippen molar-refractivity contribution < 1.29 is 9.59 Å². The third-order valence-electron chi connectivity index (χ3n) is 4.14. The van der Waals surface area contributed by atoms with Gasteiger partial charge in [0.1, 0.15) is 0 Å². The first-order valence-corrected chi connectivity index (χ1v) is 8.36. The highest BCUT2D eigenvalue weighted by molar-refractivity contribution is 6.30. The maximum Gasteiger partial charge on any atom is 0.228 e. The average molecular weight is 343 g/mol. The second-order valence-electron chi connectivity index (χ2n) is 6.00. The molecule has 1 N–H and O–H groups in total. The van der Waals surface area contributed by atoms with Gasteiger partial charge in [0.15, 0.2) is 0 Å². The summed E-state index contributed by atoms with van der Waals surface area (Å²) in [6.45, 7) is 2.71. The first-order valence-electron chi connectivity index (χ1n) is 7.98. The predicted molar refractivity (Wildman–Crippen MR) is 96.6 cm³/mol. The van der Waals surface area contributed by atoms with E-state index in [2.05, 4.69) is 5.32 Å². The molecule has 0 aliphatic carbocycles. The van der Waals surface area contributed by atoms with Crippen molar-refractivity contribution in [2.75, 3.05) is 16.8 Å². The summed E-state index contributed by atoms with van der Waals surface area (Å²) in [5, 5.41) is 3.55. The highest BCUT2D eigenvalue weighted by Gasteiger charge is 2.23. The molecule has 0 spiro atoms. The fourth-order valence-corrected chi connectivity index (χ4v) is 3.00. The van der Waals surface area contributed by atoms with Crippen molar-refractivity contribution >= 4 is 34.8 Å². The van der Waals surface area contributed by atoms with Gasteiger partial charge in [0.05, 0.1) is 6.42 Å². The van der Waals surface area contributed by atoms with Crippen molar-refractivity contribution in [3.05, 3.63) is 58.6 Å². The van der Waals surface area contributed by atoms with Gasteiger partial charge in [0.2, 0.25) is 11.8 Å². The zero-order valence-electron chi connectivity index (χ0n) is 13.5. The van der Waals surface area contributed by atoms with E-state index in [4.69, 9.17) is 11.6 Å². The summed E-state index contributed by atoms with van der Waals surface area (Å²) in [4.78, 5) is 26.0. The van der Waals surface area contributed by atoms with Crippen LogP contribution in [-0.2, 0) is 16.0 Å². The van der Waals surface area contributed by atoms with Crippen molar-refractivity contribution in [1.82, 2.24) is 0 Å². The van der Waals surface area contributed by atoms with Gasteiger partial charge < -0.3 is 10.2 Å². The first-order chi connectivity index (χ1) is 11.5. The summed E-state index contributed by atoms with van der Waals surface area (Å²) in [6, 6.07) is 12.9. The Morgan fingerprint density at radius 2 is 1.96 bits per heavy atom. The Morgan fingerprint density at radius 3 is 2.62 bits per heavy atom. The SMILES string of the molecule is Cc1ccc(NC(=O)Cc2ccc(Cl)cc2)cc1N1CCCC1=O. The Kier molecular flexibility index (Phi) is 4.86. The molecule has 5 heteroatoms. The number of aryl methyl sites for hydroxylation is 1. The number of anilines is 2. The van der Waals surface area contributed by atoms with Gasteiger partial charge in [0.25, 0.3) is 0 Å². The summed E-state index contributed by atoms with van der Waals surface area (Å²) in [5.41, 5.74) is 3.51. The monoisotopic (exact) mass is 342 g/mol. The summed E-state index contributed by atoms with van der Waals surface area (Å²) in [7, 11) is 0. The second-order valence-corrected chi connectivity index (χ2v) is 6.44. The number of amides is 2. The molecule has 2 amide bonds. The quantitative estimate of drug-likeness (QED) is 0.914. The van der Waals surface area contributed by atoms with Crippen LogP contribution in [0.1, 0.15) is 24.0 Å². The van der Waals surface area contributed by atoms with Crippen LogP contribution in [0.5, 0.6) is 0 Å². The number of benzene rings is 2. The minimum absolute atomic E-state index is 0.0973. The number of rotatable bonds is 4. The highest BCUT2D eigenvalue weighted by atomic mass is 35.5. The van der Waals surface area contributed by atoms with Crippen LogP contribution in [0.3, 0.4) is 0 Å². The number of nitrogens with one attached hydrogen (secondary N) is 1. The Balaban J connectivity index is 1.71. The number of nitrogens with zero attached hydrogens (tertiary/aromatic N) is 1. The van der Waals surface area contributed by atoms with Crippen LogP contribution in [0.2, 0.25) is 5.02 Å². The predicted octanol–water partition coefficient (Wildman–Crippen LogP) is 3.96. The summed E-state index contributed by atoms with van der Waals surface area (Å²) in [6.07, 6.45) is 1.75. The molecule has 4 nitrogen and oxygen atoms in total. The minimum atomic E-state index is -0.0973. The molecule has 3 rings (SSSR count). The van der Waals surface area contributed by atoms with Crippen LogP contribution >= 0.6 is 11.6 Å². The Bertz CT molecular complexity index is 771. The van der Waals surface area contributed by atoms with E-state index in [1.54, 1.807) is 17.0 Å². The lowest BCUT2D eigenvalue weighted by atomic mass is 10.1. The molecule has 1 saturated heterocycles. The Labute approximate surface area is 146 Å². The molecule has 0 radical (unpaired) electrons. The molecule has 124 valence electrons. The van der Waals surface area contributed by atoms with E-state index in [9.17, 15) is 9.59 Å². The van der Waals surface area contributed by atoms with Crippen molar-refractivity contribution in [1.29, 1.82) is 0 Å². The van der Waals surface area contributed by atoms with Crippen molar-refractivity contribution in [3.8, 4) is 0 Å². The van der Waals surface area contributed by atoms with Gasteiger partial charge in [-0.2, -0.15) is 0 Å². The number of hydrogen-bond acceptors (Lipinski definition) is 2. The van der Waals surface area contributed by atoms with E-state index in [-0.39, 0.29) is 18.2 Å². The smallest absolute Gasteiger partial charge is 0.228 e. The molecule has 0 unspecified atom stereocenters. The van der Waals surface area contributed by atoms with Crippen molar-refractivity contribution in [2.45, 2.75) is 26.2 Å². The van der Waals surface area contributed by atoms with E-state index in [0.717, 1.165) is 29.8 Å². The lowest BCUT2D eigenvalue weighted by molar-refractivity contribution is -0.117. The van der Waals surface area contributed by atoms with Gasteiger partial charge in [-0.1, -0.05) is 29.8 Å². The summed E-state index contributed by atoms with van der Waals surface area (Å²) >= 11 is 5.85. The van der Waals surface area contributed by atoms with Gasteiger partial charge >= 0.3 is 0 Å². The van der Waals surface area contributed by atoms with E-state index in [1.165, 1.54) is 0 Å². The van der Waals surface area contributed by atoms with Gasteiger partial charge in [-0.25, -0.2) is 0 Å². The zero-order chi connectivity index (χ0) is 17.1. The molecular weight excluding hydrogens is 324 g/mol. The lowest BCUT2D eigenvalue weighted by Crippen LogP contribution is -2.24. The fraction of sp³-hybridized carbons (Fsp3) is 0.263. The highest BCUT2D eigenvalue weighted by Crippen LogP contribution is 2.28. The zero-order valence-corrected chi connectivity index (χ0v) is 14.3. The van der Waals surface area contributed by atoms with Gasteiger partial charge in [-0.3, -0.25) is 9.59 Å². The van der Waals surface area contributed by atoms with Gasteiger partial charge in [-0.15, -0.1) is 0 Å². The summed E-state index contributed by atoms with van der Waals surface area (Å²) in [5.74, 6) is 0.0441. The van der Waals surface area contributed by atoms with Gasteiger partial charge in [-0.05, 0) is 48.7 Å². The third kappa shape index (κ3) is 3.77. The van der Waals surface area contributed by atoms with Gasteiger partial charge in [0, 0.05) is 29.4 Å². The van der Waals surface area contributed by atoms with Crippen LogP contribution in [0.4, 0.5) is 11.4 Å². The number of carbonyl (C=O) groups excluding carboxylic acids is 2. The molecular formula is C19H19ClN2O2. The van der Waals surface area contributed by atoms with Crippen LogP contribution < -0.4 is 10.2 Å². The fourth-order valence-electron chi connectivity index (χ4n) is 2.87. The molecule has 2 aromatic rings. The molecule has 0 aromatic heterocycles. The topological polar surface area (TPSA) is 49.4 Å². The number of halogens is 1. The molecule has 1 fully saturated rings. The normalized spacial score (nSPS) is 14.1. The van der Waals surface area contributed by atoms with E-state index < -0.39 is 0 Å². The van der Waals surface area contributed by atoms with Crippen LogP contribution in [0, 0.1) is 6.92 Å². The molecule has 0 saturated carbocycles. The summed E-state index contributed by atoms with van der Waals surface area (Å²) < 4.78 is 0. The number of carbonyl (C=O) groups is 2. The van der Waals surface area contributed by atoms with E-state index in [0.29, 0.717) is 17.1 Å². The molecule has 1 heterocycles. The third-order valence-corrected chi connectivity index (χ3v) is 4.39. The first kappa shape index (κ1) is 16.5. The number of hydrogen-bond donors (Lipinski definition) is 1. The van der Waals surface area contributed by atoms with Crippen LogP contribution in [-0.4, -0.2) is 18.4 Å². The Morgan fingerprint density at radius 1 is 1.21 bits per heavy atom. The molecule has 0 bridgehead atoms. The molecule has 0 atom stereocenters. The van der Waals surface area contributed by atoms with E-state index >= 15 is 0 Å². The van der Waals surface area contributed by atoms with Crippen molar-refractivity contribution in [2.24, 2.45) is 0 Å². The van der Waals surface area contributed by atoms with Crippen LogP contribution in [0.15, 0.2) is 42.5 Å². The molecule has 1 aliphatic rings. The van der Waals surface area contributed by atoms with Crippen molar-refractivity contribution in [3.63, 3.8) is 0 Å². The second kappa shape index (κ2) is 7.05. The standard InChI is InChI=1S/C19H19ClN2O2/c1-13-4-9-16(12-17(13)22-10-2-3-19(22)24)21-18(23)11-14-5-7-15(20)8-6-14/h4-9,12H,2-3,10-11H2,1H3,(H,21,23).